The van der Waals surface area contributed by atoms with E-state index in [9.17, 15) is 0 Å². The molecule has 0 saturated carbocycles. The second-order valence-electron chi connectivity index (χ2n) is 1.77. The minimum absolute atomic E-state index is 0.933. The lowest BCUT2D eigenvalue weighted by Crippen LogP contribution is -2.40. The van der Waals surface area contributed by atoms with E-state index in [4.69, 9.17) is 13.3 Å². The molecule has 0 spiro atoms. The van der Waals surface area contributed by atoms with Gasteiger partial charge in [-0.3, -0.25) is 0 Å². The second kappa shape index (κ2) is 6.12. The van der Waals surface area contributed by atoms with Crippen molar-refractivity contribution in [3.8, 4) is 0 Å². The fraction of sp³-hybridized carbons (Fsp3) is 0.667. The molecule has 0 unspecified atom stereocenters. The van der Waals surface area contributed by atoms with E-state index in [1.807, 2.05) is 11.8 Å². The summed E-state index contributed by atoms with van der Waals surface area (Å²) in [4.78, 5) is 0. The summed E-state index contributed by atoms with van der Waals surface area (Å²) in [6.07, 6.45) is 1.98. The van der Waals surface area contributed by atoms with Crippen LogP contribution in [0.25, 0.3) is 0 Å². The first-order valence-corrected chi connectivity index (χ1v) is 6.46. The third kappa shape index (κ3) is 3.65. The molecule has 0 aliphatic carbocycles. The van der Waals surface area contributed by atoms with Gasteiger partial charge in [0.2, 0.25) is 0 Å². The van der Waals surface area contributed by atoms with Crippen LogP contribution in [0.3, 0.4) is 0 Å². The molecule has 0 aliphatic rings. The molecular formula is C6H13IO3Si. The fourth-order valence-electron chi connectivity index (χ4n) is 0.643. The molecule has 0 fully saturated rings. The molecular weight excluding hydrogens is 275 g/mol. The number of hydrogen-bond acceptors (Lipinski definition) is 3. The lowest BCUT2D eigenvalue weighted by Gasteiger charge is -2.19. The van der Waals surface area contributed by atoms with Crippen molar-refractivity contribution in [2.75, 3.05) is 25.8 Å². The molecule has 0 aromatic carbocycles. The molecule has 0 aliphatic heterocycles. The van der Waals surface area contributed by atoms with Crippen molar-refractivity contribution in [3.05, 3.63) is 11.8 Å². The Hall–Kier alpha value is 0.567. The third-order valence-electron chi connectivity index (χ3n) is 1.26. The van der Waals surface area contributed by atoms with E-state index in [2.05, 4.69) is 22.6 Å². The number of allylic oxidation sites excluding steroid dienone is 1. The maximum absolute atomic E-state index is 5.14. The van der Waals surface area contributed by atoms with Crippen LogP contribution in [0.2, 0.25) is 0 Å². The van der Waals surface area contributed by atoms with Crippen molar-refractivity contribution >= 4 is 31.4 Å². The van der Waals surface area contributed by atoms with Crippen molar-refractivity contribution in [1.29, 1.82) is 0 Å². The van der Waals surface area contributed by atoms with Crippen LogP contribution < -0.4 is 0 Å². The van der Waals surface area contributed by atoms with Gasteiger partial charge in [0.05, 0.1) is 0 Å². The molecule has 11 heavy (non-hydrogen) atoms. The van der Waals surface area contributed by atoms with Crippen LogP contribution in [0, 0.1) is 0 Å². The lowest BCUT2D eigenvalue weighted by molar-refractivity contribution is 0.138. The SMILES string of the molecule is CO[Si](/C=C/CI)(OC)OC. The fourth-order valence-corrected chi connectivity index (χ4v) is 2.69. The minimum Gasteiger partial charge on any atom is -0.374 e. The smallest absolute Gasteiger partial charge is 0.374 e. The first kappa shape index (κ1) is 11.6. The van der Waals surface area contributed by atoms with Gasteiger partial charge in [0.1, 0.15) is 0 Å². The molecule has 0 bridgehead atoms. The van der Waals surface area contributed by atoms with Gasteiger partial charge >= 0.3 is 8.80 Å². The lowest BCUT2D eigenvalue weighted by atomic mass is 10.8. The Morgan fingerprint density at radius 1 is 1.18 bits per heavy atom. The molecule has 0 heterocycles. The first-order valence-electron chi connectivity index (χ1n) is 3.13. The van der Waals surface area contributed by atoms with Gasteiger partial charge in [-0.15, -0.1) is 0 Å². The van der Waals surface area contributed by atoms with E-state index in [1.54, 1.807) is 21.3 Å². The van der Waals surface area contributed by atoms with Crippen LogP contribution >= 0.6 is 22.6 Å². The summed E-state index contributed by atoms with van der Waals surface area (Å²) in [7, 11) is 2.36. The highest BCUT2D eigenvalue weighted by Crippen LogP contribution is 2.07. The van der Waals surface area contributed by atoms with Gasteiger partial charge < -0.3 is 13.3 Å². The summed E-state index contributed by atoms with van der Waals surface area (Å²) in [6.45, 7) is 0. The van der Waals surface area contributed by atoms with Crippen molar-refractivity contribution in [3.63, 3.8) is 0 Å². The molecule has 0 atom stereocenters. The largest absolute Gasteiger partial charge is 0.528 e. The third-order valence-corrected chi connectivity index (χ3v) is 4.12. The van der Waals surface area contributed by atoms with Crippen LogP contribution in [0.4, 0.5) is 0 Å². The van der Waals surface area contributed by atoms with Gasteiger partial charge in [0, 0.05) is 25.8 Å². The molecule has 5 heteroatoms. The summed E-state index contributed by atoms with van der Waals surface area (Å²) in [5.41, 5.74) is 1.87. The zero-order chi connectivity index (χ0) is 8.74. The van der Waals surface area contributed by atoms with Gasteiger partial charge in [-0.1, -0.05) is 28.7 Å². The Balaban J connectivity index is 4.16. The minimum atomic E-state index is -2.42. The van der Waals surface area contributed by atoms with E-state index in [1.165, 1.54) is 0 Å². The Morgan fingerprint density at radius 2 is 1.64 bits per heavy atom. The maximum Gasteiger partial charge on any atom is 0.528 e. The summed E-state index contributed by atoms with van der Waals surface area (Å²) >= 11 is 2.25. The molecule has 0 saturated heterocycles. The summed E-state index contributed by atoms with van der Waals surface area (Å²) in [6, 6.07) is 0. The normalized spacial score (nSPS) is 12.7. The monoisotopic (exact) mass is 288 g/mol. The van der Waals surface area contributed by atoms with Gasteiger partial charge in [0.15, 0.2) is 0 Å². The van der Waals surface area contributed by atoms with Crippen LogP contribution in [-0.2, 0) is 13.3 Å². The number of hydrogen-bond donors (Lipinski definition) is 0. The predicted octanol–water partition coefficient (Wildman–Crippen LogP) is 1.39. The molecule has 0 radical (unpaired) electrons. The Morgan fingerprint density at radius 3 is 1.91 bits per heavy atom. The Labute approximate surface area is 82.2 Å². The number of alkyl halides is 1. The molecule has 0 amide bonds. The summed E-state index contributed by atoms with van der Waals surface area (Å²) in [5, 5.41) is 0. The highest BCUT2D eigenvalue weighted by Gasteiger charge is 2.33. The maximum atomic E-state index is 5.14. The highest BCUT2D eigenvalue weighted by molar-refractivity contribution is 14.1. The molecule has 3 nitrogen and oxygen atoms in total. The predicted molar refractivity (Wildman–Crippen MR) is 54.8 cm³/mol. The van der Waals surface area contributed by atoms with E-state index in [0.29, 0.717) is 0 Å². The first-order chi connectivity index (χ1) is 5.24. The molecule has 0 aromatic heterocycles. The van der Waals surface area contributed by atoms with E-state index < -0.39 is 8.80 Å². The van der Waals surface area contributed by atoms with Crippen molar-refractivity contribution in [2.24, 2.45) is 0 Å². The Bertz CT molecular complexity index is 117. The quantitative estimate of drug-likeness (QED) is 0.435. The van der Waals surface area contributed by atoms with Crippen molar-refractivity contribution in [2.45, 2.75) is 0 Å². The van der Waals surface area contributed by atoms with E-state index >= 15 is 0 Å². The Kier molecular flexibility index (Phi) is 6.44. The topological polar surface area (TPSA) is 27.7 Å². The molecule has 0 rings (SSSR count). The van der Waals surface area contributed by atoms with Gasteiger partial charge in [0.25, 0.3) is 0 Å². The van der Waals surface area contributed by atoms with Crippen LogP contribution in [0.5, 0.6) is 0 Å². The van der Waals surface area contributed by atoms with E-state index in [0.717, 1.165) is 4.43 Å². The molecule has 0 aromatic rings. The summed E-state index contributed by atoms with van der Waals surface area (Å²) < 4.78 is 16.4. The summed E-state index contributed by atoms with van der Waals surface area (Å²) in [5.74, 6) is 0. The number of halogens is 1. The molecule has 66 valence electrons. The van der Waals surface area contributed by atoms with Gasteiger partial charge in [-0.05, 0) is 5.70 Å². The van der Waals surface area contributed by atoms with Crippen LogP contribution in [0.1, 0.15) is 0 Å². The zero-order valence-electron chi connectivity index (χ0n) is 6.96. The van der Waals surface area contributed by atoms with Gasteiger partial charge in [-0.25, -0.2) is 0 Å². The highest BCUT2D eigenvalue weighted by atomic mass is 127. The van der Waals surface area contributed by atoms with E-state index in [-0.39, 0.29) is 0 Å². The zero-order valence-corrected chi connectivity index (χ0v) is 10.1. The van der Waals surface area contributed by atoms with Crippen molar-refractivity contribution < 1.29 is 13.3 Å². The van der Waals surface area contributed by atoms with Gasteiger partial charge in [-0.2, -0.15) is 0 Å². The average Bonchev–Trinajstić information content (AvgIpc) is 2.08. The molecule has 0 N–H and O–H groups in total. The number of rotatable bonds is 5. The van der Waals surface area contributed by atoms with Crippen LogP contribution in [-0.4, -0.2) is 34.6 Å². The standard InChI is InChI=1S/C6H13IO3Si/c1-8-11(9-2,10-3)6-4-5-7/h4,6H,5H2,1-3H3/b6-4+. The van der Waals surface area contributed by atoms with Crippen molar-refractivity contribution in [1.82, 2.24) is 0 Å². The van der Waals surface area contributed by atoms with Crippen LogP contribution in [0.15, 0.2) is 11.8 Å². The average molecular weight is 288 g/mol. The second-order valence-corrected chi connectivity index (χ2v) is 5.42.